The zero-order valence-electron chi connectivity index (χ0n) is 6.80. The highest BCUT2D eigenvalue weighted by atomic mass is 31.2. The molecule has 1 N–H and O–H groups in total. The SMILES string of the molecule is COP(=O)(O)Cc1ccccc1. The lowest BCUT2D eigenvalue weighted by Crippen LogP contribution is -1.88. The van der Waals surface area contributed by atoms with Crippen molar-refractivity contribution in [2.24, 2.45) is 0 Å². The molecule has 0 fully saturated rings. The topological polar surface area (TPSA) is 46.5 Å². The van der Waals surface area contributed by atoms with Gasteiger partial charge in [-0.15, -0.1) is 0 Å². The van der Waals surface area contributed by atoms with Crippen LogP contribution in [0.5, 0.6) is 0 Å². The summed E-state index contributed by atoms with van der Waals surface area (Å²) < 4.78 is 15.5. The molecule has 0 spiro atoms. The van der Waals surface area contributed by atoms with Gasteiger partial charge in [0.2, 0.25) is 0 Å². The summed E-state index contributed by atoms with van der Waals surface area (Å²) in [6, 6.07) is 9.10. The van der Waals surface area contributed by atoms with E-state index in [1.807, 2.05) is 18.2 Å². The zero-order chi connectivity index (χ0) is 9.03. The Morgan fingerprint density at radius 1 is 1.42 bits per heavy atom. The largest absolute Gasteiger partial charge is 0.332 e. The first-order valence-electron chi connectivity index (χ1n) is 3.55. The van der Waals surface area contributed by atoms with Crippen LogP contribution in [0.3, 0.4) is 0 Å². The van der Waals surface area contributed by atoms with Crippen LogP contribution in [-0.4, -0.2) is 12.0 Å². The second kappa shape index (κ2) is 3.85. The molecular weight excluding hydrogens is 175 g/mol. The molecule has 0 heterocycles. The van der Waals surface area contributed by atoms with Gasteiger partial charge < -0.3 is 9.42 Å². The molecule has 1 aromatic rings. The van der Waals surface area contributed by atoms with Crippen LogP contribution in [0.1, 0.15) is 5.56 Å². The molecule has 66 valence electrons. The molecule has 1 aromatic carbocycles. The van der Waals surface area contributed by atoms with Gasteiger partial charge in [0.25, 0.3) is 0 Å². The molecule has 1 unspecified atom stereocenters. The van der Waals surface area contributed by atoms with E-state index >= 15 is 0 Å². The number of hydrogen-bond donors (Lipinski definition) is 1. The summed E-state index contributed by atoms with van der Waals surface area (Å²) in [5, 5.41) is 0. The van der Waals surface area contributed by atoms with Crippen LogP contribution in [0.25, 0.3) is 0 Å². The van der Waals surface area contributed by atoms with Crippen molar-refractivity contribution in [3.05, 3.63) is 35.9 Å². The minimum absolute atomic E-state index is 0.0737. The average molecular weight is 186 g/mol. The van der Waals surface area contributed by atoms with Crippen molar-refractivity contribution in [2.45, 2.75) is 6.16 Å². The second-order valence-electron chi connectivity index (χ2n) is 2.46. The van der Waals surface area contributed by atoms with E-state index in [0.29, 0.717) is 0 Å². The smallest absolute Gasteiger partial charge is 0.324 e. The van der Waals surface area contributed by atoms with Gasteiger partial charge in [-0.1, -0.05) is 30.3 Å². The van der Waals surface area contributed by atoms with Crippen LogP contribution < -0.4 is 0 Å². The molecular formula is C8H11O3P. The van der Waals surface area contributed by atoms with Crippen LogP contribution in [0, 0.1) is 0 Å². The van der Waals surface area contributed by atoms with E-state index in [0.717, 1.165) is 5.56 Å². The minimum Gasteiger partial charge on any atom is -0.324 e. The fourth-order valence-electron chi connectivity index (χ4n) is 0.879. The monoisotopic (exact) mass is 186 g/mol. The van der Waals surface area contributed by atoms with Gasteiger partial charge in [0.1, 0.15) is 0 Å². The quantitative estimate of drug-likeness (QED) is 0.734. The number of benzene rings is 1. The zero-order valence-corrected chi connectivity index (χ0v) is 7.70. The Bertz CT molecular complexity index is 284. The van der Waals surface area contributed by atoms with Crippen molar-refractivity contribution in [3.63, 3.8) is 0 Å². The summed E-state index contributed by atoms with van der Waals surface area (Å²) >= 11 is 0. The summed E-state index contributed by atoms with van der Waals surface area (Å²) in [6.07, 6.45) is 0.0737. The summed E-state index contributed by atoms with van der Waals surface area (Å²) in [5.41, 5.74) is 0.810. The predicted octanol–water partition coefficient (Wildman–Crippen LogP) is 2.02. The second-order valence-corrected chi connectivity index (χ2v) is 4.42. The van der Waals surface area contributed by atoms with Crippen LogP contribution in [0.15, 0.2) is 30.3 Å². The van der Waals surface area contributed by atoms with Gasteiger partial charge in [-0.25, -0.2) is 0 Å². The molecule has 12 heavy (non-hydrogen) atoms. The third-order valence-electron chi connectivity index (χ3n) is 1.51. The molecule has 0 radical (unpaired) electrons. The maximum Gasteiger partial charge on any atom is 0.332 e. The average Bonchev–Trinajstić information content (AvgIpc) is 2.06. The minimum atomic E-state index is -3.40. The van der Waals surface area contributed by atoms with Crippen molar-refractivity contribution in [1.82, 2.24) is 0 Å². The standard InChI is InChI=1S/C8H11O3P/c1-11-12(9,10)7-8-5-3-2-4-6-8/h2-6H,7H2,1H3,(H,9,10). The highest BCUT2D eigenvalue weighted by molar-refractivity contribution is 7.51. The van der Waals surface area contributed by atoms with Crippen molar-refractivity contribution in [3.8, 4) is 0 Å². The van der Waals surface area contributed by atoms with E-state index in [9.17, 15) is 4.57 Å². The Kier molecular flexibility index (Phi) is 3.04. The fraction of sp³-hybridized carbons (Fsp3) is 0.250. The summed E-state index contributed by atoms with van der Waals surface area (Å²) in [6.45, 7) is 0. The van der Waals surface area contributed by atoms with Gasteiger partial charge in [0.15, 0.2) is 0 Å². The van der Waals surface area contributed by atoms with Crippen molar-refractivity contribution < 1.29 is 14.0 Å². The van der Waals surface area contributed by atoms with Crippen LogP contribution >= 0.6 is 7.60 Å². The van der Waals surface area contributed by atoms with E-state index in [1.165, 1.54) is 7.11 Å². The van der Waals surface area contributed by atoms with Crippen LogP contribution in [0.4, 0.5) is 0 Å². The van der Waals surface area contributed by atoms with Gasteiger partial charge >= 0.3 is 7.60 Å². The molecule has 1 rings (SSSR count). The lowest BCUT2D eigenvalue weighted by Gasteiger charge is -2.07. The highest BCUT2D eigenvalue weighted by Crippen LogP contribution is 2.44. The molecule has 0 bridgehead atoms. The van der Waals surface area contributed by atoms with E-state index in [1.54, 1.807) is 12.1 Å². The first kappa shape index (κ1) is 9.46. The maximum atomic E-state index is 11.1. The molecule has 0 aliphatic carbocycles. The van der Waals surface area contributed by atoms with Crippen molar-refractivity contribution in [2.75, 3.05) is 7.11 Å². The third kappa shape index (κ3) is 2.78. The Hall–Kier alpha value is -0.630. The molecule has 3 nitrogen and oxygen atoms in total. The Morgan fingerprint density at radius 3 is 2.50 bits per heavy atom. The van der Waals surface area contributed by atoms with Gasteiger partial charge in [-0.3, -0.25) is 4.57 Å². The predicted molar refractivity (Wildman–Crippen MR) is 47.0 cm³/mol. The molecule has 0 saturated heterocycles. The van der Waals surface area contributed by atoms with Crippen LogP contribution in [-0.2, 0) is 15.3 Å². The van der Waals surface area contributed by atoms with Gasteiger partial charge in [0, 0.05) is 7.11 Å². The highest BCUT2D eigenvalue weighted by Gasteiger charge is 2.16. The molecule has 4 heteroatoms. The van der Waals surface area contributed by atoms with E-state index < -0.39 is 7.60 Å². The molecule has 0 amide bonds. The molecule has 0 aromatic heterocycles. The van der Waals surface area contributed by atoms with Crippen LogP contribution in [0.2, 0.25) is 0 Å². The normalized spacial score (nSPS) is 15.5. The third-order valence-corrected chi connectivity index (χ3v) is 2.85. The van der Waals surface area contributed by atoms with E-state index in [2.05, 4.69) is 4.52 Å². The first-order valence-corrected chi connectivity index (χ1v) is 5.32. The number of rotatable bonds is 3. The molecule has 1 atom stereocenters. The van der Waals surface area contributed by atoms with Gasteiger partial charge in [-0.2, -0.15) is 0 Å². The molecule has 0 aliphatic heterocycles. The van der Waals surface area contributed by atoms with E-state index in [4.69, 9.17) is 4.89 Å². The molecule has 0 aliphatic rings. The molecule has 0 saturated carbocycles. The van der Waals surface area contributed by atoms with E-state index in [-0.39, 0.29) is 6.16 Å². The Balaban J connectivity index is 2.71. The summed E-state index contributed by atoms with van der Waals surface area (Å²) in [5.74, 6) is 0. The van der Waals surface area contributed by atoms with Gasteiger partial charge in [0.05, 0.1) is 6.16 Å². The maximum absolute atomic E-state index is 11.1. The fourth-order valence-corrected chi connectivity index (χ4v) is 1.68. The lowest BCUT2D eigenvalue weighted by molar-refractivity contribution is 0.314. The first-order chi connectivity index (χ1) is 5.64. The van der Waals surface area contributed by atoms with Gasteiger partial charge in [-0.05, 0) is 5.56 Å². The van der Waals surface area contributed by atoms with Crippen molar-refractivity contribution >= 4 is 7.60 Å². The van der Waals surface area contributed by atoms with Crippen molar-refractivity contribution in [1.29, 1.82) is 0 Å². The summed E-state index contributed by atoms with van der Waals surface area (Å²) in [4.78, 5) is 9.11. The Labute approximate surface area is 71.5 Å². The number of hydrogen-bond acceptors (Lipinski definition) is 2. The Morgan fingerprint density at radius 2 is 2.00 bits per heavy atom. The summed E-state index contributed by atoms with van der Waals surface area (Å²) in [7, 11) is -2.16. The lowest BCUT2D eigenvalue weighted by atomic mass is 10.2.